The minimum atomic E-state index is -0.231. The van der Waals surface area contributed by atoms with Crippen LogP contribution in [0.25, 0.3) is 0 Å². The number of rotatable bonds is 3. The normalized spacial score (nSPS) is 10.3. The number of nitrogens with zero attached hydrogens (tertiary/aromatic N) is 3. The molecule has 0 unspecified atom stereocenters. The zero-order valence-corrected chi connectivity index (χ0v) is 12.1. The summed E-state index contributed by atoms with van der Waals surface area (Å²) in [7, 11) is 0. The molecule has 2 rings (SSSR count). The average Bonchev–Trinajstić information content (AvgIpc) is 2.64. The minimum Gasteiger partial charge on any atom is -0.266 e. The van der Waals surface area contributed by atoms with Gasteiger partial charge in [-0.1, -0.05) is 0 Å². The van der Waals surface area contributed by atoms with Crippen molar-refractivity contribution in [1.29, 1.82) is 0 Å². The van der Waals surface area contributed by atoms with Crippen LogP contribution >= 0.6 is 11.3 Å². The Balaban J connectivity index is 2.06. The van der Waals surface area contributed by atoms with Crippen molar-refractivity contribution in [3.05, 3.63) is 33.0 Å². The van der Waals surface area contributed by atoms with Crippen LogP contribution in [-0.2, 0) is 0 Å². The highest BCUT2D eigenvalue weighted by Crippen LogP contribution is 2.16. The predicted molar refractivity (Wildman–Crippen MR) is 74.2 cm³/mol. The van der Waals surface area contributed by atoms with Crippen molar-refractivity contribution in [2.45, 2.75) is 27.7 Å². The van der Waals surface area contributed by atoms with E-state index in [2.05, 4.69) is 25.8 Å². The lowest BCUT2D eigenvalue weighted by atomic mass is 10.4. The molecular formula is C12H15N5OS. The molecular weight excluding hydrogens is 262 g/mol. The molecule has 100 valence electrons. The number of amides is 1. The van der Waals surface area contributed by atoms with Gasteiger partial charge in [-0.25, -0.2) is 15.0 Å². The summed E-state index contributed by atoms with van der Waals surface area (Å²) >= 11 is 1.36. The Bertz CT molecular complexity index is 602. The zero-order chi connectivity index (χ0) is 14.0. The second-order valence-electron chi connectivity index (χ2n) is 4.20. The highest BCUT2D eigenvalue weighted by Gasteiger charge is 2.13. The summed E-state index contributed by atoms with van der Waals surface area (Å²) in [5.74, 6) is 0.149. The fourth-order valence-corrected chi connectivity index (χ4v) is 2.51. The summed E-state index contributed by atoms with van der Waals surface area (Å²) in [4.78, 5) is 25.1. The van der Waals surface area contributed by atoms with E-state index in [4.69, 9.17) is 0 Å². The molecule has 0 bridgehead atoms. The summed E-state index contributed by atoms with van der Waals surface area (Å²) in [6.45, 7) is 7.43. The van der Waals surface area contributed by atoms with Crippen molar-refractivity contribution >= 4 is 23.2 Å². The fourth-order valence-electron chi connectivity index (χ4n) is 1.69. The van der Waals surface area contributed by atoms with Crippen LogP contribution in [0.4, 0.5) is 5.95 Å². The van der Waals surface area contributed by atoms with Gasteiger partial charge in [-0.2, -0.15) is 0 Å². The number of anilines is 1. The van der Waals surface area contributed by atoms with E-state index in [1.807, 2.05) is 33.8 Å². The van der Waals surface area contributed by atoms with E-state index < -0.39 is 0 Å². The van der Waals surface area contributed by atoms with Crippen molar-refractivity contribution in [3.8, 4) is 0 Å². The molecule has 0 radical (unpaired) electrons. The van der Waals surface area contributed by atoms with Gasteiger partial charge in [0.1, 0.15) is 4.88 Å². The van der Waals surface area contributed by atoms with Crippen LogP contribution in [0.1, 0.15) is 31.8 Å². The van der Waals surface area contributed by atoms with Gasteiger partial charge >= 0.3 is 0 Å². The van der Waals surface area contributed by atoms with Gasteiger partial charge < -0.3 is 0 Å². The number of hydrogen-bond acceptors (Lipinski definition) is 6. The molecule has 2 heterocycles. The third-order valence-corrected chi connectivity index (χ3v) is 3.45. The van der Waals surface area contributed by atoms with Gasteiger partial charge in [-0.05, 0) is 33.8 Å². The Morgan fingerprint density at radius 2 is 1.74 bits per heavy atom. The smallest absolute Gasteiger partial charge is 0.266 e. The van der Waals surface area contributed by atoms with E-state index in [9.17, 15) is 4.79 Å². The molecule has 2 aromatic heterocycles. The van der Waals surface area contributed by atoms with E-state index >= 15 is 0 Å². The van der Waals surface area contributed by atoms with Gasteiger partial charge in [0.2, 0.25) is 5.95 Å². The third-order valence-electron chi connectivity index (χ3n) is 2.38. The third kappa shape index (κ3) is 3.25. The number of nitrogens with one attached hydrogen (secondary N) is 2. The average molecular weight is 277 g/mol. The lowest BCUT2D eigenvalue weighted by Gasteiger charge is -2.07. The Kier molecular flexibility index (Phi) is 3.75. The molecule has 0 aliphatic heterocycles. The summed E-state index contributed by atoms with van der Waals surface area (Å²) < 4.78 is 0. The van der Waals surface area contributed by atoms with Crippen LogP contribution < -0.4 is 10.9 Å². The molecule has 19 heavy (non-hydrogen) atoms. The number of carbonyl (C=O) groups excluding carboxylic acids is 1. The van der Waals surface area contributed by atoms with E-state index in [0.717, 1.165) is 22.1 Å². The quantitative estimate of drug-likeness (QED) is 0.838. The maximum Gasteiger partial charge on any atom is 0.281 e. The first kappa shape index (κ1) is 13.4. The number of hydrogen-bond donors (Lipinski definition) is 2. The number of thiazole rings is 1. The molecule has 0 spiro atoms. The van der Waals surface area contributed by atoms with E-state index in [1.54, 1.807) is 0 Å². The summed E-state index contributed by atoms with van der Waals surface area (Å²) in [6, 6.07) is 1.86. The van der Waals surface area contributed by atoms with Gasteiger partial charge in [0.05, 0.1) is 10.7 Å². The van der Waals surface area contributed by atoms with Crippen LogP contribution in [0.5, 0.6) is 0 Å². The minimum absolute atomic E-state index is 0.231. The molecule has 2 aromatic rings. The van der Waals surface area contributed by atoms with Gasteiger partial charge in [0, 0.05) is 11.4 Å². The number of aromatic nitrogens is 3. The molecule has 6 nitrogen and oxygen atoms in total. The second-order valence-corrected chi connectivity index (χ2v) is 5.40. The van der Waals surface area contributed by atoms with Crippen molar-refractivity contribution in [1.82, 2.24) is 20.4 Å². The number of carbonyl (C=O) groups is 1. The lowest BCUT2D eigenvalue weighted by Crippen LogP contribution is -2.30. The SMILES string of the molecule is Cc1cc(C)nc(NNC(=O)c2sc(C)nc2C)n1. The lowest BCUT2D eigenvalue weighted by molar-refractivity contribution is 0.0965. The van der Waals surface area contributed by atoms with E-state index in [0.29, 0.717) is 10.8 Å². The molecule has 0 aliphatic carbocycles. The van der Waals surface area contributed by atoms with Gasteiger partial charge in [-0.15, -0.1) is 11.3 Å². The molecule has 0 saturated heterocycles. The molecule has 0 atom stereocenters. The molecule has 0 saturated carbocycles. The van der Waals surface area contributed by atoms with Crippen molar-refractivity contribution in [2.24, 2.45) is 0 Å². The molecule has 7 heteroatoms. The Labute approximate surface area is 115 Å². The summed E-state index contributed by atoms with van der Waals surface area (Å²) in [6.07, 6.45) is 0. The summed E-state index contributed by atoms with van der Waals surface area (Å²) in [5, 5.41) is 0.866. The zero-order valence-electron chi connectivity index (χ0n) is 11.2. The maximum atomic E-state index is 12.0. The van der Waals surface area contributed by atoms with Crippen LogP contribution in [0.15, 0.2) is 6.07 Å². The highest BCUT2D eigenvalue weighted by atomic mass is 32.1. The molecule has 0 aromatic carbocycles. The largest absolute Gasteiger partial charge is 0.281 e. The number of hydrazine groups is 1. The molecule has 0 fully saturated rings. The molecule has 1 amide bonds. The van der Waals surface area contributed by atoms with Gasteiger partial charge in [0.25, 0.3) is 5.91 Å². The standard InChI is InChI=1S/C12H15N5OS/c1-6-5-7(2)14-12(13-6)17-16-11(18)10-8(3)15-9(4)19-10/h5H,1-4H3,(H,16,18)(H,13,14,17). The van der Waals surface area contributed by atoms with Crippen molar-refractivity contribution in [3.63, 3.8) is 0 Å². The Morgan fingerprint density at radius 1 is 1.11 bits per heavy atom. The molecule has 2 N–H and O–H groups in total. The highest BCUT2D eigenvalue weighted by molar-refractivity contribution is 7.13. The first-order chi connectivity index (χ1) is 8.95. The van der Waals surface area contributed by atoms with Crippen LogP contribution in [0, 0.1) is 27.7 Å². The Hall–Kier alpha value is -2.02. The van der Waals surface area contributed by atoms with E-state index in [-0.39, 0.29) is 5.91 Å². The molecule has 0 aliphatic rings. The fraction of sp³-hybridized carbons (Fsp3) is 0.333. The second kappa shape index (κ2) is 5.31. The van der Waals surface area contributed by atoms with Crippen molar-refractivity contribution in [2.75, 3.05) is 5.43 Å². The first-order valence-corrected chi connectivity index (χ1v) is 6.60. The monoisotopic (exact) mass is 277 g/mol. The van der Waals surface area contributed by atoms with E-state index in [1.165, 1.54) is 11.3 Å². The number of aryl methyl sites for hydroxylation is 4. The van der Waals surface area contributed by atoms with Crippen LogP contribution in [0.3, 0.4) is 0 Å². The van der Waals surface area contributed by atoms with Crippen LogP contribution in [0.2, 0.25) is 0 Å². The summed E-state index contributed by atoms with van der Waals surface area (Å²) in [5.41, 5.74) is 7.71. The topological polar surface area (TPSA) is 79.8 Å². The predicted octanol–water partition coefficient (Wildman–Crippen LogP) is 1.92. The van der Waals surface area contributed by atoms with Crippen LogP contribution in [-0.4, -0.2) is 20.9 Å². The first-order valence-electron chi connectivity index (χ1n) is 5.78. The Morgan fingerprint density at radius 3 is 2.26 bits per heavy atom. The van der Waals surface area contributed by atoms with Crippen molar-refractivity contribution < 1.29 is 4.79 Å². The van der Waals surface area contributed by atoms with Gasteiger partial charge in [-0.3, -0.25) is 15.6 Å². The maximum absolute atomic E-state index is 12.0. The van der Waals surface area contributed by atoms with Gasteiger partial charge in [0.15, 0.2) is 0 Å².